The van der Waals surface area contributed by atoms with Gasteiger partial charge in [0.1, 0.15) is 17.9 Å². The van der Waals surface area contributed by atoms with Crippen LogP contribution in [0.3, 0.4) is 0 Å². The topological polar surface area (TPSA) is 111 Å². The number of carbonyl (C=O) groups is 3. The van der Waals surface area contributed by atoms with Crippen LogP contribution >= 0.6 is 0 Å². The van der Waals surface area contributed by atoms with E-state index in [4.69, 9.17) is 15.2 Å². The molecule has 3 amide bonds. The third-order valence-electron chi connectivity index (χ3n) is 4.85. The summed E-state index contributed by atoms with van der Waals surface area (Å²) in [5.74, 6) is -0.279. The van der Waals surface area contributed by atoms with Crippen molar-refractivity contribution >= 4 is 17.7 Å². The highest BCUT2D eigenvalue weighted by atomic mass is 16.5. The third kappa shape index (κ3) is 2.87. The van der Waals surface area contributed by atoms with Gasteiger partial charge in [0.25, 0.3) is 5.91 Å². The number of hydrogen-bond donors (Lipinski definition) is 2. The number of nitrogens with two attached hydrogens (primary N) is 1. The molecule has 3 aliphatic heterocycles. The van der Waals surface area contributed by atoms with Crippen molar-refractivity contribution in [2.24, 2.45) is 5.73 Å². The second-order valence-electron chi connectivity index (χ2n) is 6.58. The molecule has 2 saturated heterocycles. The molecule has 3 atom stereocenters. The lowest BCUT2D eigenvalue weighted by Crippen LogP contribution is -2.52. The molecule has 0 aliphatic carbocycles. The molecule has 8 heteroatoms. The standard InChI is InChI=1S/C17H19N3O5/c18-12-7-24-8-14(12)25-10-1-2-11-9(5-10)6-20(17(11)23)13-3-4-15(21)19-16(13)22/h1-2,5,12-14H,3-4,6-8,18H2,(H,19,21,22)/t12-,13?,14-/m1/s1. The second kappa shape index (κ2) is 6.12. The number of fused-ring (bicyclic) bond motifs is 1. The first kappa shape index (κ1) is 16.0. The zero-order chi connectivity index (χ0) is 17.6. The molecule has 2 fully saturated rings. The van der Waals surface area contributed by atoms with Crippen LogP contribution in [0.5, 0.6) is 5.75 Å². The Kier molecular flexibility index (Phi) is 3.93. The Balaban J connectivity index is 1.51. The molecule has 1 aromatic rings. The summed E-state index contributed by atoms with van der Waals surface area (Å²) in [6.07, 6.45) is 0.383. The van der Waals surface area contributed by atoms with Crippen LogP contribution in [0.15, 0.2) is 18.2 Å². The van der Waals surface area contributed by atoms with Crippen molar-refractivity contribution in [3.8, 4) is 5.75 Å². The van der Waals surface area contributed by atoms with Gasteiger partial charge in [-0.25, -0.2) is 0 Å². The van der Waals surface area contributed by atoms with Crippen molar-refractivity contribution in [1.29, 1.82) is 0 Å². The summed E-state index contributed by atoms with van der Waals surface area (Å²) in [4.78, 5) is 37.5. The molecule has 0 spiro atoms. The van der Waals surface area contributed by atoms with E-state index in [0.717, 1.165) is 5.56 Å². The number of imide groups is 1. The molecule has 132 valence electrons. The molecule has 25 heavy (non-hydrogen) atoms. The highest BCUT2D eigenvalue weighted by Gasteiger charge is 2.39. The Morgan fingerprint density at radius 3 is 2.80 bits per heavy atom. The van der Waals surface area contributed by atoms with Crippen LogP contribution in [0.1, 0.15) is 28.8 Å². The zero-order valence-electron chi connectivity index (χ0n) is 13.6. The van der Waals surface area contributed by atoms with Gasteiger partial charge in [-0.05, 0) is 30.2 Å². The van der Waals surface area contributed by atoms with Crippen molar-refractivity contribution in [2.45, 2.75) is 37.6 Å². The summed E-state index contributed by atoms with van der Waals surface area (Å²) in [6.45, 7) is 1.24. The molecule has 0 aromatic heterocycles. The Bertz CT molecular complexity index is 750. The van der Waals surface area contributed by atoms with Crippen LogP contribution in [0.25, 0.3) is 0 Å². The van der Waals surface area contributed by atoms with E-state index in [0.29, 0.717) is 37.5 Å². The predicted molar refractivity (Wildman–Crippen MR) is 85.7 cm³/mol. The minimum atomic E-state index is -0.612. The fraction of sp³-hybridized carbons (Fsp3) is 0.471. The van der Waals surface area contributed by atoms with Crippen LogP contribution in [0, 0.1) is 0 Å². The summed E-state index contributed by atoms with van der Waals surface area (Å²) in [5.41, 5.74) is 7.29. The average molecular weight is 345 g/mol. The average Bonchev–Trinajstić information content (AvgIpc) is 3.12. The van der Waals surface area contributed by atoms with Gasteiger partial charge in [0.15, 0.2) is 0 Å². The largest absolute Gasteiger partial charge is 0.486 e. The maximum absolute atomic E-state index is 12.6. The Labute approximate surface area is 144 Å². The zero-order valence-corrected chi connectivity index (χ0v) is 13.6. The Morgan fingerprint density at radius 2 is 2.08 bits per heavy atom. The van der Waals surface area contributed by atoms with Crippen molar-refractivity contribution in [2.75, 3.05) is 13.2 Å². The van der Waals surface area contributed by atoms with E-state index in [1.807, 2.05) is 6.07 Å². The molecule has 3 aliphatic rings. The van der Waals surface area contributed by atoms with E-state index >= 15 is 0 Å². The molecule has 1 unspecified atom stereocenters. The molecule has 0 radical (unpaired) electrons. The van der Waals surface area contributed by atoms with Gasteiger partial charge in [-0.1, -0.05) is 0 Å². The lowest BCUT2D eigenvalue weighted by atomic mass is 10.0. The van der Waals surface area contributed by atoms with Crippen molar-refractivity contribution in [3.05, 3.63) is 29.3 Å². The van der Waals surface area contributed by atoms with Gasteiger partial charge in [0, 0.05) is 18.5 Å². The normalized spacial score (nSPS) is 28.9. The lowest BCUT2D eigenvalue weighted by Gasteiger charge is -2.29. The maximum Gasteiger partial charge on any atom is 0.255 e. The molecular weight excluding hydrogens is 326 g/mol. The number of nitrogens with zero attached hydrogens (tertiary/aromatic N) is 1. The first-order valence-electron chi connectivity index (χ1n) is 8.30. The molecule has 0 saturated carbocycles. The van der Waals surface area contributed by atoms with Gasteiger partial charge in [0.2, 0.25) is 11.8 Å². The van der Waals surface area contributed by atoms with Crippen molar-refractivity contribution < 1.29 is 23.9 Å². The number of benzene rings is 1. The van der Waals surface area contributed by atoms with Crippen LogP contribution in [-0.2, 0) is 20.9 Å². The van der Waals surface area contributed by atoms with E-state index in [9.17, 15) is 14.4 Å². The first-order valence-corrected chi connectivity index (χ1v) is 8.30. The van der Waals surface area contributed by atoms with Gasteiger partial charge >= 0.3 is 0 Å². The minimum absolute atomic E-state index is 0.171. The molecule has 0 bridgehead atoms. The van der Waals surface area contributed by atoms with Crippen LogP contribution < -0.4 is 15.8 Å². The van der Waals surface area contributed by atoms with Gasteiger partial charge in [-0.3, -0.25) is 19.7 Å². The number of rotatable bonds is 3. The fourth-order valence-corrected chi connectivity index (χ4v) is 3.47. The number of piperidine rings is 1. The number of ether oxygens (including phenoxy) is 2. The summed E-state index contributed by atoms with van der Waals surface area (Å²) in [6, 6.07) is 4.47. The number of nitrogens with one attached hydrogen (secondary N) is 1. The predicted octanol–water partition coefficient (Wildman–Crippen LogP) is -0.447. The minimum Gasteiger partial charge on any atom is -0.486 e. The molecule has 1 aromatic carbocycles. The molecule has 3 heterocycles. The van der Waals surface area contributed by atoms with Crippen LogP contribution in [-0.4, -0.2) is 54.0 Å². The van der Waals surface area contributed by atoms with E-state index in [1.165, 1.54) is 4.90 Å². The van der Waals surface area contributed by atoms with Crippen molar-refractivity contribution in [3.63, 3.8) is 0 Å². The molecule has 8 nitrogen and oxygen atoms in total. The maximum atomic E-state index is 12.6. The Morgan fingerprint density at radius 1 is 1.24 bits per heavy atom. The van der Waals surface area contributed by atoms with Gasteiger partial charge in [0.05, 0.1) is 19.3 Å². The van der Waals surface area contributed by atoms with E-state index < -0.39 is 11.9 Å². The molecule has 4 rings (SSSR count). The summed E-state index contributed by atoms with van der Waals surface area (Å²) in [5, 5.41) is 2.29. The number of hydrogen-bond acceptors (Lipinski definition) is 6. The van der Waals surface area contributed by atoms with Gasteiger partial charge in [-0.2, -0.15) is 0 Å². The van der Waals surface area contributed by atoms with Gasteiger partial charge < -0.3 is 20.1 Å². The number of amides is 3. The highest BCUT2D eigenvalue weighted by Crippen LogP contribution is 2.30. The highest BCUT2D eigenvalue weighted by molar-refractivity contribution is 6.05. The fourth-order valence-electron chi connectivity index (χ4n) is 3.47. The summed E-state index contributed by atoms with van der Waals surface area (Å²) < 4.78 is 11.1. The molecule has 3 N–H and O–H groups in total. The summed E-state index contributed by atoms with van der Waals surface area (Å²) in [7, 11) is 0. The quantitative estimate of drug-likeness (QED) is 0.718. The monoisotopic (exact) mass is 345 g/mol. The smallest absolute Gasteiger partial charge is 0.255 e. The lowest BCUT2D eigenvalue weighted by molar-refractivity contribution is -0.136. The Hall–Kier alpha value is -2.45. The molecular formula is C17H19N3O5. The number of carbonyl (C=O) groups excluding carboxylic acids is 3. The van der Waals surface area contributed by atoms with E-state index in [2.05, 4.69) is 5.32 Å². The summed E-state index contributed by atoms with van der Waals surface area (Å²) >= 11 is 0. The first-order chi connectivity index (χ1) is 12.0. The van der Waals surface area contributed by atoms with E-state index in [-0.39, 0.29) is 30.4 Å². The van der Waals surface area contributed by atoms with Gasteiger partial charge in [-0.15, -0.1) is 0 Å². The third-order valence-corrected chi connectivity index (χ3v) is 4.85. The van der Waals surface area contributed by atoms with Crippen molar-refractivity contribution in [1.82, 2.24) is 10.2 Å². The van der Waals surface area contributed by atoms with Crippen LogP contribution in [0.4, 0.5) is 0 Å². The second-order valence-corrected chi connectivity index (χ2v) is 6.58. The SMILES string of the molecule is N[C@@H]1COC[C@H]1Oc1ccc2c(c1)CN(C1CCC(=O)NC1=O)C2=O. The van der Waals surface area contributed by atoms with E-state index in [1.54, 1.807) is 12.1 Å². The van der Waals surface area contributed by atoms with Crippen LogP contribution in [0.2, 0.25) is 0 Å².